The van der Waals surface area contributed by atoms with E-state index in [9.17, 15) is 0 Å². The summed E-state index contributed by atoms with van der Waals surface area (Å²) >= 11 is 5.13. The smallest absolute Gasteiger partial charge is 0.118 e. The second-order valence-electron chi connectivity index (χ2n) is 3.27. The zero-order chi connectivity index (χ0) is 11.5. The minimum Gasteiger partial charge on any atom is -0.399 e. The number of hydrogen-bond donors (Lipinski definition) is 1. The van der Waals surface area contributed by atoms with Crippen LogP contribution in [0.25, 0.3) is 0 Å². The van der Waals surface area contributed by atoms with Crippen LogP contribution in [0.5, 0.6) is 0 Å². The molecule has 0 bridgehead atoms. The van der Waals surface area contributed by atoms with E-state index in [1.165, 1.54) is 0 Å². The van der Waals surface area contributed by atoms with Gasteiger partial charge in [-0.05, 0) is 41.1 Å². The summed E-state index contributed by atoms with van der Waals surface area (Å²) in [5.41, 5.74) is 8.11. The number of nitrogens with two attached hydrogens (primary N) is 1. The summed E-state index contributed by atoms with van der Waals surface area (Å²) in [7, 11) is 0. The molecule has 0 fully saturated rings. The van der Waals surface area contributed by atoms with Crippen molar-refractivity contribution in [3.05, 3.63) is 34.1 Å². The Bertz CT molecular complexity index is 501. The number of thioether (sulfide) groups is 1. The van der Waals surface area contributed by atoms with Crippen molar-refractivity contribution >= 4 is 33.4 Å². The molecule has 2 rings (SSSR count). The molecule has 0 spiro atoms. The van der Waals surface area contributed by atoms with Gasteiger partial charge in [0, 0.05) is 20.8 Å². The van der Waals surface area contributed by atoms with Gasteiger partial charge in [0.2, 0.25) is 0 Å². The van der Waals surface area contributed by atoms with Gasteiger partial charge < -0.3 is 5.73 Å². The molecule has 1 heterocycles. The highest BCUT2D eigenvalue weighted by Gasteiger charge is 2.07. The SMILES string of the molecule is Cc1nonc1CSc1ccc(N)cc1Br. The van der Waals surface area contributed by atoms with E-state index < -0.39 is 0 Å². The lowest BCUT2D eigenvalue weighted by Crippen LogP contribution is -1.87. The molecule has 1 aromatic carbocycles. The number of halogens is 1. The molecule has 0 amide bonds. The molecule has 0 radical (unpaired) electrons. The molecule has 0 aliphatic carbocycles. The lowest BCUT2D eigenvalue weighted by Gasteiger charge is -2.03. The number of benzene rings is 1. The second-order valence-corrected chi connectivity index (χ2v) is 5.15. The summed E-state index contributed by atoms with van der Waals surface area (Å²) in [5, 5.41) is 7.57. The maximum atomic E-state index is 5.67. The average Bonchev–Trinajstić information content (AvgIpc) is 2.63. The number of nitrogens with zero attached hydrogens (tertiary/aromatic N) is 2. The minimum absolute atomic E-state index is 0.734. The first-order valence-corrected chi connectivity index (χ1v) is 6.40. The van der Waals surface area contributed by atoms with Crippen molar-refractivity contribution in [1.29, 1.82) is 0 Å². The largest absolute Gasteiger partial charge is 0.399 e. The highest BCUT2D eigenvalue weighted by atomic mass is 79.9. The molecule has 0 saturated heterocycles. The van der Waals surface area contributed by atoms with E-state index in [1.54, 1.807) is 11.8 Å². The molecular formula is C10H10BrN3OS. The van der Waals surface area contributed by atoms with Gasteiger partial charge in [-0.25, -0.2) is 4.63 Å². The quantitative estimate of drug-likeness (QED) is 0.697. The third-order valence-electron chi connectivity index (χ3n) is 2.07. The molecule has 16 heavy (non-hydrogen) atoms. The van der Waals surface area contributed by atoms with Crippen molar-refractivity contribution in [3.63, 3.8) is 0 Å². The summed E-state index contributed by atoms with van der Waals surface area (Å²) < 4.78 is 5.63. The molecule has 0 unspecified atom stereocenters. The van der Waals surface area contributed by atoms with Crippen molar-refractivity contribution in [1.82, 2.24) is 10.3 Å². The van der Waals surface area contributed by atoms with Crippen LogP contribution in [0.15, 0.2) is 32.2 Å². The highest BCUT2D eigenvalue weighted by molar-refractivity contribution is 9.10. The topological polar surface area (TPSA) is 64.9 Å². The van der Waals surface area contributed by atoms with E-state index in [2.05, 4.69) is 30.9 Å². The molecule has 2 N–H and O–H groups in total. The van der Waals surface area contributed by atoms with Crippen LogP contribution in [0.4, 0.5) is 5.69 Å². The fourth-order valence-corrected chi connectivity index (χ4v) is 2.82. The zero-order valence-corrected chi connectivity index (χ0v) is 11.0. The molecule has 1 aromatic heterocycles. The number of hydrogen-bond acceptors (Lipinski definition) is 5. The van der Waals surface area contributed by atoms with Gasteiger partial charge in [-0.3, -0.25) is 0 Å². The summed E-state index contributed by atoms with van der Waals surface area (Å²) in [5.74, 6) is 0.734. The Morgan fingerprint density at radius 2 is 2.25 bits per heavy atom. The van der Waals surface area contributed by atoms with Gasteiger partial charge in [-0.15, -0.1) is 11.8 Å². The number of aryl methyl sites for hydroxylation is 1. The van der Waals surface area contributed by atoms with E-state index in [-0.39, 0.29) is 0 Å². The van der Waals surface area contributed by atoms with Crippen LogP contribution in [0.1, 0.15) is 11.4 Å². The predicted molar refractivity (Wildman–Crippen MR) is 67.2 cm³/mol. The Kier molecular flexibility index (Phi) is 3.50. The van der Waals surface area contributed by atoms with Crippen LogP contribution < -0.4 is 5.73 Å². The third-order valence-corrected chi connectivity index (χ3v) is 4.07. The Hall–Kier alpha value is -1.01. The molecule has 84 valence electrons. The Labute approximate surface area is 106 Å². The van der Waals surface area contributed by atoms with Crippen molar-refractivity contribution in [2.45, 2.75) is 17.6 Å². The first-order valence-electron chi connectivity index (χ1n) is 4.62. The van der Waals surface area contributed by atoms with Gasteiger partial charge in [-0.1, -0.05) is 10.3 Å². The van der Waals surface area contributed by atoms with Gasteiger partial charge in [0.25, 0.3) is 0 Å². The normalized spacial score (nSPS) is 10.6. The van der Waals surface area contributed by atoms with Crippen LogP contribution >= 0.6 is 27.7 Å². The van der Waals surface area contributed by atoms with Crippen LogP contribution in [0.3, 0.4) is 0 Å². The van der Waals surface area contributed by atoms with Crippen LogP contribution in [0, 0.1) is 6.92 Å². The number of rotatable bonds is 3. The lowest BCUT2D eigenvalue weighted by atomic mass is 10.3. The lowest BCUT2D eigenvalue weighted by molar-refractivity contribution is 0.302. The first-order chi connectivity index (χ1) is 7.66. The molecule has 0 saturated carbocycles. The second kappa shape index (κ2) is 4.88. The van der Waals surface area contributed by atoms with E-state index >= 15 is 0 Å². The van der Waals surface area contributed by atoms with Crippen molar-refractivity contribution < 1.29 is 4.63 Å². The molecular weight excluding hydrogens is 290 g/mol. The first kappa shape index (κ1) is 11.5. The zero-order valence-electron chi connectivity index (χ0n) is 8.61. The van der Waals surface area contributed by atoms with E-state index in [1.807, 2.05) is 25.1 Å². The highest BCUT2D eigenvalue weighted by Crippen LogP contribution is 2.31. The van der Waals surface area contributed by atoms with E-state index in [0.29, 0.717) is 0 Å². The maximum Gasteiger partial charge on any atom is 0.118 e. The predicted octanol–water partition coefficient (Wildman–Crippen LogP) is 3.02. The Morgan fingerprint density at radius 3 is 2.88 bits per heavy atom. The van der Waals surface area contributed by atoms with E-state index in [4.69, 9.17) is 5.73 Å². The minimum atomic E-state index is 0.734. The van der Waals surface area contributed by atoms with Crippen molar-refractivity contribution in [3.8, 4) is 0 Å². The van der Waals surface area contributed by atoms with Crippen LogP contribution in [0.2, 0.25) is 0 Å². The molecule has 2 aromatic rings. The van der Waals surface area contributed by atoms with Gasteiger partial charge in [0.05, 0.1) is 0 Å². The molecule has 0 aliphatic rings. The summed E-state index contributed by atoms with van der Waals surface area (Å²) in [6, 6.07) is 5.74. The fourth-order valence-electron chi connectivity index (χ4n) is 1.16. The molecule has 0 aliphatic heterocycles. The number of anilines is 1. The van der Waals surface area contributed by atoms with Crippen molar-refractivity contribution in [2.75, 3.05) is 5.73 Å². The van der Waals surface area contributed by atoms with Gasteiger partial charge >= 0.3 is 0 Å². The Morgan fingerprint density at radius 1 is 1.44 bits per heavy atom. The maximum absolute atomic E-state index is 5.67. The summed E-state index contributed by atoms with van der Waals surface area (Å²) in [6.07, 6.45) is 0. The number of nitrogen functional groups attached to an aromatic ring is 1. The molecule has 6 heteroatoms. The number of aromatic nitrogens is 2. The third kappa shape index (κ3) is 2.56. The Balaban J connectivity index is 2.08. The van der Waals surface area contributed by atoms with E-state index in [0.717, 1.165) is 32.2 Å². The monoisotopic (exact) mass is 299 g/mol. The fraction of sp³-hybridized carbons (Fsp3) is 0.200. The summed E-state index contributed by atoms with van der Waals surface area (Å²) in [4.78, 5) is 1.12. The van der Waals surface area contributed by atoms with Crippen molar-refractivity contribution in [2.24, 2.45) is 0 Å². The van der Waals surface area contributed by atoms with Gasteiger partial charge in [0.1, 0.15) is 11.4 Å². The van der Waals surface area contributed by atoms with Crippen LogP contribution in [-0.4, -0.2) is 10.3 Å². The average molecular weight is 300 g/mol. The van der Waals surface area contributed by atoms with Crippen LogP contribution in [-0.2, 0) is 5.75 Å². The summed E-state index contributed by atoms with van der Waals surface area (Å²) in [6.45, 7) is 1.88. The van der Waals surface area contributed by atoms with Gasteiger partial charge in [0.15, 0.2) is 0 Å². The molecule has 0 atom stereocenters. The van der Waals surface area contributed by atoms with Gasteiger partial charge in [-0.2, -0.15) is 0 Å². The molecule has 4 nitrogen and oxygen atoms in total. The standard InChI is InChI=1S/C10H10BrN3OS/c1-6-9(14-15-13-6)5-16-10-3-2-7(12)4-8(10)11/h2-4H,5,12H2,1H3.